The second-order valence-corrected chi connectivity index (χ2v) is 6.21. The molecule has 16 heavy (non-hydrogen) atoms. The van der Waals surface area contributed by atoms with E-state index in [2.05, 4.69) is 6.92 Å². The smallest absolute Gasteiger partial charge is 0.212 e. The molecule has 1 aromatic rings. The van der Waals surface area contributed by atoms with Gasteiger partial charge in [-0.25, -0.2) is 0 Å². The lowest BCUT2D eigenvalue weighted by Crippen LogP contribution is -2.34. The van der Waals surface area contributed by atoms with Crippen molar-refractivity contribution >= 4 is 14.2 Å². The van der Waals surface area contributed by atoms with Crippen LogP contribution in [0.3, 0.4) is 0 Å². The molecule has 90 valence electrons. The minimum atomic E-state index is -1.49. The van der Waals surface area contributed by atoms with Crippen molar-refractivity contribution < 1.29 is 14.3 Å². The van der Waals surface area contributed by atoms with Gasteiger partial charge in [0.1, 0.15) is 5.75 Å². The summed E-state index contributed by atoms with van der Waals surface area (Å²) in [4.78, 5) is 0. The maximum atomic E-state index is 9.79. The van der Waals surface area contributed by atoms with Gasteiger partial charge in [-0.1, -0.05) is 31.5 Å². The summed E-state index contributed by atoms with van der Waals surface area (Å²) in [6.45, 7) is 3.36. The van der Waals surface area contributed by atoms with E-state index < -0.39 is 9.04 Å². The number of aromatic hydroxyl groups is 1. The Labute approximate surface area is 98.7 Å². The van der Waals surface area contributed by atoms with Crippen molar-refractivity contribution in [3.8, 4) is 5.75 Å². The van der Waals surface area contributed by atoms with E-state index in [-0.39, 0.29) is 0 Å². The van der Waals surface area contributed by atoms with Gasteiger partial charge in [-0.15, -0.1) is 0 Å². The second-order valence-electron chi connectivity index (χ2n) is 3.70. The van der Waals surface area contributed by atoms with Crippen molar-refractivity contribution in [2.45, 2.75) is 19.4 Å². The lowest BCUT2D eigenvalue weighted by atomic mass is 10.3. The molecule has 0 radical (unpaired) electrons. The van der Waals surface area contributed by atoms with E-state index in [9.17, 15) is 5.11 Å². The van der Waals surface area contributed by atoms with Gasteiger partial charge in [-0.05, 0) is 12.1 Å². The maximum absolute atomic E-state index is 9.79. The highest BCUT2D eigenvalue weighted by Crippen LogP contribution is 2.09. The molecule has 1 atom stereocenters. The zero-order valence-corrected chi connectivity index (χ0v) is 11.1. The van der Waals surface area contributed by atoms with Crippen LogP contribution in [-0.2, 0) is 9.16 Å². The molecule has 0 saturated heterocycles. The number of para-hydroxylation sites is 1. The molecule has 0 aliphatic rings. The van der Waals surface area contributed by atoms with Crippen LogP contribution in [0.2, 0.25) is 6.04 Å². The number of hydrogen-bond acceptors (Lipinski definition) is 3. The molecule has 0 bridgehead atoms. The van der Waals surface area contributed by atoms with E-state index in [4.69, 9.17) is 9.16 Å². The summed E-state index contributed by atoms with van der Waals surface area (Å²) in [6.07, 6.45) is 1.08. The van der Waals surface area contributed by atoms with Gasteiger partial charge in [0.15, 0.2) is 0 Å². The SMILES string of the molecule is CCC[SiH](OCCOC)c1ccccc1O. The second kappa shape index (κ2) is 7.43. The number of benzene rings is 1. The minimum Gasteiger partial charge on any atom is -0.508 e. The Kier molecular flexibility index (Phi) is 6.14. The molecule has 0 saturated carbocycles. The topological polar surface area (TPSA) is 38.7 Å². The fraction of sp³-hybridized carbons (Fsp3) is 0.500. The van der Waals surface area contributed by atoms with Gasteiger partial charge < -0.3 is 14.3 Å². The number of rotatable bonds is 7. The van der Waals surface area contributed by atoms with Crippen LogP contribution in [0.4, 0.5) is 0 Å². The first-order chi connectivity index (χ1) is 7.79. The highest BCUT2D eigenvalue weighted by molar-refractivity contribution is 6.68. The molecule has 0 fully saturated rings. The van der Waals surface area contributed by atoms with Crippen molar-refractivity contribution in [3.63, 3.8) is 0 Å². The lowest BCUT2D eigenvalue weighted by molar-refractivity contribution is 0.146. The fourth-order valence-corrected chi connectivity index (χ4v) is 3.94. The largest absolute Gasteiger partial charge is 0.508 e. The summed E-state index contributed by atoms with van der Waals surface area (Å²) in [6, 6.07) is 8.52. The van der Waals surface area contributed by atoms with E-state index in [0.717, 1.165) is 17.7 Å². The molecule has 0 aromatic heterocycles. The van der Waals surface area contributed by atoms with Crippen LogP contribution in [0.25, 0.3) is 0 Å². The van der Waals surface area contributed by atoms with Crippen LogP contribution in [0, 0.1) is 0 Å². The molecule has 1 unspecified atom stereocenters. The Morgan fingerprint density at radius 2 is 2.00 bits per heavy atom. The first kappa shape index (κ1) is 13.2. The van der Waals surface area contributed by atoms with Crippen LogP contribution < -0.4 is 5.19 Å². The number of methoxy groups -OCH3 is 1. The van der Waals surface area contributed by atoms with Crippen molar-refractivity contribution in [2.75, 3.05) is 20.3 Å². The molecule has 0 aliphatic carbocycles. The fourth-order valence-electron chi connectivity index (χ4n) is 1.62. The van der Waals surface area contributed by atoms with Gasteiger partial charge in [0.2, 0.25) is 9.04 Å². The van der Waals surface area contributed by atoms with Crippen molar-refractivity contribution in [1.29, 1.82) is 0 Å². The van der Waals surface area contributed by atoms with E-state index in [1.165, 1.54) is 0 Å². The van der Waals surface area contributed by atoms with Crippen molar-refractivity contribution in [3.05, 3.63) is 24.3 Å². The van der Waals surface area contributed by atoms with Crippen LogP contribution in [0.1, 0.15) is 13.3 Å². The third kappa shape index (κ3) is 3.96. The molecule has 1 aromatic carbocycles. The van der Waals surface area contributed by atoms with Gasteiger partial charge >= 0.3 is 0 Å². The van der Waals surface area contributed by atoms with E-state index in [1.807, 2.05) is 18.2 Å². The standard InChI is InChI=1S/C12H20O3Si/c1-3-10-16(15-9-8-14-2)12-7-5-4-6-11(12)13/h4-7,13,16H,3,8-10H2,1-2H3. The average Bonchev–Trinajstić information content (AvgIpc) is 2.29. The highest BCUT2D eigenvalue weighted by Gasteiger charge is 2.17. The predicted octanol–water partition coefficient (Wildman–Crippen LogP) is 1.40. The third-order valence-electron chi connectivity index (χ3n) is 2.44. The van der Waals surface area contributed by atoms with Gasteiger partial charge in [-0.2, -0.15) is 0 Å². The highest BCUT2D eigenvalue weighted by atomic mass is 28.3. The summed E-state index contributed by atoms with van der Waals surface area (Å²) < 4.78 is 10.8. The van der Waals surface area contributed by atoms with Gasteiger partial charge in [0.25, 0.3) is 0 Å². The number of hydrogen-bond donors (Lipinski definition) is 1. The molecule has 4 heteroatoms. The summed E-state index contributed by atoms with van der Waals surface area (Å²) in [7, 11) is 0.173. The minimum absolute atomic E-state index is 0.366. The van der Waals surface area contributed by atoms with E-state index in [0.29, 0.717) is 19.0 Å². The molecule has 0 heterocycles. The van der Waals surface area contributed by atoms with Gasteiger partial charge in [0, 0.05) is 12.3 Å². The lowest BCUT2D eigenvalue weighted by Gasteiger charge is -2.16. The third-order valence-corrected chi connectivity index (χ3v) is 5.36. The normalized spacial score (nSPS) is 12.6. The predicted molar refractivity (Wildman–Crippen MR) is 67.8 cm³/mol. The summed E-state index contributed by atoms with van der Waals surface area (Å²) in [5.74, 6) is 0.366. The molecule has 0 aliphatic heterocycles. The van der Waals surface area contributed by atoms with Crippen LogP contribution in [-0.4, -0.2) is 34.5 Å². The van der Waals surface area contributed by atoms with Crippen LogP contribution >= 0.6 is 0 Å². The van der Waals surface area contributed by atoms with Crippen LogP contribution in [0.15, 0.2) is 24.3 Å². The molecule has 0 amide bonds. The maximum Gasteiger partial charge on any atom is 0.212 e. The van der Waals surface area contributed by atoms with E-state index in [1.54, 1.807) is 13.2 Å². The summed E-state index contributed by atoms with van der Waals surface area (Å²) >= 11 is 0. The Morgan fingerprint density at radius 1 is 1.25 bits per heavy atom. The van der Waals surface area contributed by atoms with Crippen molar-refractivity contribution in [1.82, 2.24) is 0 Å². The molecule has 0 spiro atoms. The molecule has 1 N–H and O–H groups in total. The number of phenolic OH excluding ortho intramolecular Hbond substituents is 1. The summed E-state index contributed by atoms with van der Waals surface area (Å²) in [5.41, 5.74) is 0. The first-order valence-electron chi connectivity index (χ1n) is 5.68. The van der Waals surface area contributed by atoms with Gasteiger partial charge in [0.05, 0.1) is 13.2 Å². The monoisotopic (exact) mass is 240 g/mol. The average molecular weight is 240 g/mol. The van der Waals surface area contributed by atoms with E-state index >= 15 is 0 Å². The van der Waals surface area contributed by atoms with Gasteiger partial charge in [-0.3, -0.25) is 0 Å². The summed E-state index contributed by atoms with van der Waals surface area (Å²) in [5, 5.41) is 10.8. The number of ether oxygens (including phenoxy) is 1. The zero-order chi connectivity index (χ0) is 11.8. The quantitative estimate of drug-likeness (QED) is 0.578. The Morgan fingerprint density at radius 3 is 2.62 bits per heavy atom. The zero-order valence-electron chi connectivity index (χ0n) is 9.98. The Hall–Kier alpha value is -0.843. The Balaban J connectivity index is 2.65. The molecule has 3 nitrogen and oxygen atoms in total. The molecule has 1 rings (SSSR count). The molecular formula is C12H20O3Si. The van der Waals surface area contributed by atoms with Crippen LogP contribution in [0.5, 0.6) is 5.75 Å². The van der Waals surface area contributed by atoms with Crippen molar-refractivity contribution in [2.24, 2.45) is 0 Å². The Bertz CT molecular complexity index is 304. The first-order valence-corrected chi connectivity index (χ1v) is 7.54. The molecular weight excluding hydrogens is 220 g/mol. The number of phenols is 1.